The summed E-state index contributed by atoms with van der Waals surface area (Å²) in [5.41, 5.74) is -1.97. The van der Waals surface area contributed by atoms with Crippen LogP contribution in [0.2, 0.25) is 0 Å². The van der Waals surface area contributed by atoms with E-state index in [-0.39, 0.29) is 22.8 Å². The number of nitrogens with zero attached hydrogens (tertiary/aromatic N) is 3. The van der Waals surface area contributed by atoms with Gasteiger partial charge in [-0.05, 0) is 54.6 Å². The lowest BCUT2D eigenvalue weighted by Crippen LogP contribution is -2.37. The number of carbonyl (C=O) groups is 1. The summed E-state index contributed by atoms with van der Waals surface area (Å²) in [4.78, 5) is 25.2. The van der Waals surface area contributed by atoms with Crippen molar-refractivity contribution in [3.05, 3.63) is 55.9 Å². The number of benzene rings is 1. The van der Waals surface area contributed by atoms with Gasteiger partial charge in [0.2, 0.25) is 5.91 Å². The number of nitrogens with one attached hydrogen (secondary N) is 1. The first-order valence-electron chi connectivity index (χ1n) is 8.42. The Morgan fingerprint density at radius 1 is 1.28 bits per heavy atom. The first-order chi connectivity index (χ1) is 13.5. The second-order valence-corrected chi connectivity index (χ2v) is 7.72. The van der Waals surface area contributed by atoms with E-state index in [1.165, 1.54) is 16.8 Å². The van der Waals surface area contributed by atoms with E-state index in [9.17, 15) is 27.2 Å². The minimum Gasteiger partial charge on any atom is -0.352 e. The van der Waals surface area contributed by atoms with Crippen molar-refractivity contribution in [1.29, 1.82) is 0 Å². The summed E-state index contributed by atoms with van der Waals surface area (Å²) in [6.07, 6.45) is -3.57. The van der Waals surface area contributed by atoms with Gasteiger partial charge in [-0.25, -0.2) is 8.91 Å². The second-order valence-electron chi connectivity index (χ2n) is 6.62. The van der Waals surface area contributed by atoms with Gasteiger partial charge < -0.3 is 5.32 Å². The predicted octanol–water partition coefficient (Wildman–Crippen LogP) is 3.45. The van der Waals surface area contributed by atoms with Gasteiger partial charge in [0.05, 0.1) is 17.5 Å². The molecular weight excluding hydrogens is 507 g/mol. The van der Waals surface area contributed by atoms with Crippen LogP contribution >= 0.6 is 22.6 Å². The average Bonchev–Trinajstić information content (AvgIpc) is 2.97. The van der Waals surface area contributed by atoms with Crippen LogP contribution in [0.1, 0.15) is 19.4 Å². The van der Waals surface area contributed by atoms with Gasteiger partial charge in [-0.2, -0.15) is 18.3 Å². The van der Waals surface area contributed by atoms with Crippen molar-refractivity contribution in [2.75, 3.05) is 0 Å². The van der Waals surface area contributed by atoms with Crippen LogP contribution in [0.25, 0.3) is 16.8 Å². The summed E-state index contributed by atoms with van der Waals surface area (Å²) in [6.45, 7) is 3.06. The Morgan fingerprint density at radius 3 is 2.59 bits per heavy atom. The van der Waals surface area contributed by atoms with Gasteiger partial charge in [0.15, 0.2) is 0 Å². The molecule has 1 amide bonds. The molecule has 0 fully saturated rings. The number of hydrogen-bond acceptors (Lipinski definition) is 3. The summed E-state index contributed by atoms with van der Waals surface area (Å²) >= 11 is 1.89. The molecule has 0 aliphatic rings. The van der Waals surface area contributed by atoms with Crippen molar-refractivity contribution in [2.24, 2.45) is 0 Å². The van der Waals surface area contributed by atoms with Crippen molar-refractivity contribution in [3.63, 3.8) is 0 Å². The zero-order valence-corrected chi connectivity index (χ0v) is 17.4. The summed E-state index contributed by atoms with van der Waals surface area (Å²) < 4.78 is 55.9. The van der Waals surface area contributed by atoms with Crippen LogP contribution in [-0.2, 0) is 17.5 Å². The predicted molar refractivity (Wildman–Crippen MR) is 106 cm³/mol. The van der Waals surface area contributed by atoms with E-state index >= 15 is 0 Å². The first-order valence-corrected chi connectivity index (χ1v) is 9.50. The highest BCUT2D eigenvalue weighted by atomic mass is 127. The van der Waals surface area contributed by atoms with Gasteiger partial charge in [0.1, 0.15) is 21.6 Å². The number of fused-ring (bicyclic) bond motifs is 1. The third-order valence-electron chi connectivity index (χ3n) is 4.02. The number of aromatic nitrogens is 3. The second kappa shape index (κ2) is 7.76. The molecule has 0 unspecified atom stereocenters. The topological polar surface area (TPSA) is 68.4 Å². The highest BCUT2D eigenvalue weighted by Gasteiger charge is 2.34. The van der Waals surface area contributed by atoms with Crippen LogP contribution in [0.3, 0.4) is 0 Å². The summed E-state index contributed by atoms with van der Waals surface area (Å²) in [7, 11) is 0. The van der Waals surface area contributed by atoms with E-state index in [1.807, 2.05) is 22.6 Å². The Kier molecular flexibility index (Phi) is 5.70. The van der Waals surface area contributed by atoms with E-state index in [0.29, 0.717) is 15.8 Å². The van der Waals surface area contributed by atoms with Crippen LogP contribution in [-0.4, -0.2) is 26.1 Å². The molecule has 11 heteroatoms. The van der Waals surface area contributed by atoms with Crippen LogP contribution < -0.4 is 10.9 Å². The van der Waals surface area contributed by atoms with Crippen molar-refractivity contribution in [2.45, 2.75) is 32.6 Å². The Bertz CT molecular complexity index is 1150. The number of amides is 1. The highest BCUT2D eigenvalue weighted by Crippen LogP contribution is 2.34. The third-order valence-corrected chi connectivity index (χ3v) is 4.55. The van der Waals surface area contributed by atoms with Crippen molar-refractivity contribution in [3.8, 4) is 11.3 Å². The maximum Gasteiger partial charge on any atom is 0.419 e. The van der Waals surface area contributed by atoms with E-state index < -0.39 is 35.6 Å². The van der Waals surface area contributed by atoms with Crippen molar-refractivity contribution >= 4 is 34.0 Å². The third kappa shape index (κ3) is 4.43. The maximum atomic E-state index is 13.7. The molecule has 0 saturated heterocycles. The molecule has 0 saturated carbocycles. The van der Waals surface area contributed by atoms with Crippen LogP contribution in [0, 0.1) is 9.52 Å². The van der Waals surface area contributed by atoms with Crippen LogP contribution in [0.15, 0.2) is 35.3 Å². The lowest BCUT2D eigenvalue weighted by Gasteiger charge is -2.16. The van der Waals surface area contributed by atoms with Gasteiger partial charge in [-0.15, -0.1) is 0 Å². The van der Waals surface area contributed by atoms with Crippen molar-refractivity contribution in [1.82, 2.24) is 19.5 Å². The zero-order valence-electron chi connectivity index (χ0n) is 15.2. The van der Waals surface area contributed by atoms with Crippen LogP contribution in [0.5, 0.6) is 0 Å². The molecule has 0 aliphatic heterocycles. The molecule has 0 radical (unpaired) electrons. The number of halogens is 5. The fourth-order valence-corrected chi connectivity index (χ4v) is 3.38. The Balaban J connectivity index is 2.24. The molecule has 3 aromatic rings. The molecule has 0 atom stereocenters. The summed E-state index contributed by atoms with van der Waals surface area (Å²) in [6, 6.07) is 3.72. The normalized spacial score (nSPS) is 12.0. The molecular formula is C18H15F4IN4O2. The molecule has 2 heterocycles. The number of carbonyl (C=O) groups excluding carboxylic acids is 1. The standard InChI is InChI=1S/C18H15F4IN4O2/c1-9(2)24-16(28)8-26-14(7-27-13(17(26)29)6-15(23)25-27)10-3-4-12(19)11(5-10)18(20,21)22/h3-7,9H,8H2,1-2H3,(H,24,28). The fourth-order valence-electron chi connectivity index (χ4n) is 2.86. The lowest BCUT2D eigenvalue weighted by molar-refractivity contribution is -0.140. The van der Waals surface area contributed by atoms with Gasteiger partial charge in [-0.1, -0.05) is 0 Å². The Hall–Kier alpha value is -2.44. The molecule has 1 aromatic carbocycles. The van der Waals surface area contributed by atoms with E-state index in [2.05, 4.69) is 10.4 Å². The summed E-state index contributed by atoms with van der Waals surface area (Å²) in [5.74, 6) is -1.91. The molecule has 6 nitrogen and oxygen atoms in total. The Morgan fingerprint density at radius 2 is 1.97 bits per heavy atom. The lowest BCUT2D eigenvalue weighted by atomic mass is 10.1. The highest BCUT2D eigenvalue weighted by molar-refractivity contribution is 14.1. The van der Waals surface area contributed by atoms with Gasteiger partial charge >= 0.3 is 6.18 Å². The monoisotopic (exact) mass is 522 g/mol. The average molecular weight is 522 g/mol. The number of hydrogen-bond donors (Lipinski definition) is 1. The summed E-state index contributed by atoms with van der Waals surface area (Å²) in [5, 5.41) is 6.74. The molecule has 0 spiro atoms. The quantitative estimate of drug-likeness (QED) is 0.422. The molecule has 154 valence electrons. The SMILES string of the molecule is CC(C)NC(=O)Cn1c(-c2ccc(F)c(C(F)(F)F)c2)cn2nc(I)cc2c1=O. The van der Waals surface area contributed by atoms with Gasteiger partial charge in [0, 0.05) is 17.7 Å². The fraction of sp³-hybridized carbons (Fsp3) is 0.278. The smallest absolute Gasteiger partial charge is 0.352 e. The molecule has 0 aliphatic carbocycles. The van der Waals surface area contributed by atoms with E-state index in [1.54, 1.807) is 13.8 Å². The number of rotatable bonds is 4. The van der Waals surface area contributed by atoms with Gasteiger partial charge in [0.25, 0.3) is 5.56 Å². The maximum absolute atomic E-state index is 13.7. The van der Waals surface area contributed by atoms with E-state index in [4.69, 9.17) is 0 Å². The minimum atomic E-state index is -4.91. The van der Waals surface area contributed by atoms with E-state index in [0.717, 1.165) is 10.6 Å². The van der Waals surface area contributed by atoms with Crippen LogP contribution in [0.4, 0.5) is 17.6 Å². The molecule has 2 aromatic heterocycles. The van der Waals surface area contributed by atoms with Gasteiger partial charge in [-0.3, -0.25) is 14.2 Å². The molecule has 1 N–H and O–H groups in total. The minimum absolute atomic E-state index is 0.00593. The first kappa shape index (κ1) is 21.3. The zero-order chi connectivity index (χ0) is 21.5. The largest absolute Gasteiger partial charge is 0.419 e. The van der Waals surface area contributed by atoms with Crippen molar-refractivity contribution < 1.29 is 22.4 Å². The molecule has 0 bridgehead atoms. The molecule has 3 rings (SSSR count). The molecule has 29 heavy (non-hydrogen) atoms. The Labute approximate surface area is 175 Å². The number of alkyl halides is 3.